The van der Waals surface area contributed by atoms with E-state index < -0.39 is 18.0 Å². The number of imide groups is 1. The highest BCUT2D eigenvalue weighted by atomic mass is 16.5. The van der Waals surface area contributed by atoms with Crippen molar-refractivity contribution in [3.63, 3.8) is 0 Å². The fourth-order valence-corrected chi connectivity index (χ4v) is 4.55. The molecule has 4 N–H and O–H groups in total. The first-order valence-corrected chi connectivity index (χ1v) is 17.3. The molecule has 0 saturated carbocycles. The molecule has 278 valence electrons. The van der Waals surface area contributed by atoms with Gasteiger partial charge in [0, 0.05) is 32.4 Å². The minimum atomic E-state index is -1.37. The Morgan fingerprint density at radius 2 is 1.06 bits per heavy atom. The predicted molar refractivity (Wildman–Crippen MR) is 177 cm³/mol. The number of rotatable bonds is 35. The van der Waals surface area contributed by atoms with Gasteiger partial charge in [-0.15, -0.1) is 0 Å². The van der Waals surface area contributed by atoms with E-state index in [0.717, 1.165) is 44.9 Å². The number of carboxylic acids is 1. The predicted octanol–water partition coefficient (Wildman–Crippen LogP) is 3.32. The van der Waals surface area contributed by atoms with Crippen molar-refractivity contribution in [1.82, 2.24) is 15.5 Å². The van der Waals surface area contributed by atoms with Crippen LogP contribution in [0.5, 0.6) is 0 Å². The van der Waals surface area contributed by atoms with Crippen molar-refractivity contribution in [1.29, 1.82) is 0 Å². The molecule has 0 saturated heterocycles. The van der Waals surface area contributed by atoms with Gasteiger partial charge in [-0.2, -0.15) is 0 Å². The van der Waals surface area contributed by atoms with E-state index in [9.17, 15) is 33.9 Å². The minimum absolute atomic E-state index is 0.0180. The molecule has 15 nitrogen and oxygen atoms in total. The van der Waals surface area contributed by atoms with Crippen LogP contribution in [-0.4, -0.2) is 124 Å². The van der Waals surface area contributed by atoms with Crippen molar-refractivity contribution < 1.29 is 57.9 Å². The summed E-state index contributed by atoms with van der Waals surface area (Å²) < 4.78 is 20.7. The molecular formula is C33H59N3O12. The van der Waals surface area contributed by atoms with E-state index in [1.54, 1.807) is 0 Å². The van der Waals surface area contributed by atoms with Crippen molar-refractivity contribution in [2.45, 2.75) is 103 Å². The third kappa shape index (κ3) is 31.5. The molecule has 0 aliphatic carbocycles. The average molecular weight is 690 g/mol. The van der Waals surface area contributed by atoms with Crippen molar-refractivity contribution in [2.75, 3.05) is 72.5 Å². The van der Waals surface area contributed by atoms with E-state index in [2.05, 4.69) is 10.6 Å². The van der Waals surface area contributed by atoms with Gasteiger partial charge < -0.3 is 44.6 Å². The summed E-state index contributed by atoms with van der Waals surface area (Å²) in [5.41, 5.74) is 0. The molecule has 0 fully saturated rings. The lowest BCUT2D eigenvalue weighted by Crippen LogP contribution is -2.38. The fraction of sp³-hybridized carbons (Fsp3) is 0.818. The molecule has 0 rings (SSSR count). The number of aldehydes is 1. The molecular weight excluding hydrogens is 630 g/mol. The largest absolute Gasteiger partial charge is 0.481 e. The summed E-state index contributed by atoms with van der Waals surface area (Å²) in [4.78, 5) is 68.9. The van der Waals surface area contributed by atoms with Gasteiger partial charge in [0.1, 0.15) is 19.5 Å². The topological polar surface area (TPSA) is 207 Å². The van der Waals surface area contributed by atoms with Crippen LogP contribution in [0.25, 0.3) is 0 Å². The van der Waals surface area contributed by atoms with Crippen LogP contribution in [0, 0.1) is 0 Å². The Balaban J connectivity index is 3.68. The van der Waals surface area contributed by atoms with E-state index in [-0.39, 0.29) is 70.8 Å². The Hall–Kier alpha value is -3.14. The summed E-state index contributed by atoms with van der Waals surface area (Å²) in [6.07, 6.45) is 13.2. The highest BCUT2D eigenvalue weighted by Crippen LogP contribution is 2.13. The third-order valence-electron chi connectivity index (χ3n) is 7.16. The molecule has 0 spiro atoms. The zero-order valence-electron chi connectivity index (χ0n) is 28.6. The Bertz CT molecular complexity index is 875. The highest BCUT2D eigenvalue weighted by molar-refractivity contribution is 5.91. The van der Waals surface area contributed by atoms with Crippen LogP contribution in [0.1, 0.15) is 103 Å². The Morgan fingerprint density at radius 3 is 1.65 bits per heavy atom. The maximum Gasteiger partial charge on any atom is 0.414 e. The highest BCUT2D eigenvalue weighted by Gasteiger charge is 2.19. The number of carbonyl (C=O) groups excluding carboxylic acids is 4. The number of carbonyl (C=O) groups is 6. The molecule has 0 aliphatic heterocycles. The monoisotopic (exact) mass is 689 g/mol. The summed E-state index contributed by atoms with van der Waals surface area (Å²) in [6.45, 7) is 1.39. The first-order valence-electron chi connectivity index (χ1n) is 17.3. The number of hydrogen-bond donors (Lipinski definition) is 4. The molecule has 0 atom stereocenters. The van der Waals surface area contributed by atoms with Crippen molar-refractivity contribution in [3.05, 3.63) is 0 Å². The Morgan fingerprint density at radius 1 is 0.542 bits per heavy atom. The number of ether oxygens (including phenoxy) is 4. The van der Waals surface area contributed by atoms with Crippen molar-refractivity contribution in [3.8, 4) is 0 Å². The second-order valence-electron chi connectivity index (χ2n) is 11.3. The normalized spacial score (nSPS) is 10.8. The molecule has 0 aromatic carbocycles. The summed E-state index contributed by atoms with van der Waals surface area (Å²) in [5.74, 6) is -1.69. The molecule has 0 aromatic rings. The number of aliphatic carboxylic acids is 1. The molecule has 0 heterocycles. The first kappa shape index (κ1) is 44.9. The van der Waals surface area contributed by atoms with Crippen molar-refractivity contribution >= 4 is 36.1 Å². The third-order valence-corrected chi connectivity index (χ3v) is 7.16. The SMILES string of the molecule is O=CCOCCOCCNC(=O)COCCOCCN(C(=O)O)C(=O)CCCNC(=O)CCCCCCCCCCCCCCC(=O)O. The van der Waals surface area contributed by atoms with Crippen LogP contribution >= 0.6 is 0 Å². The second-order valence-corrected chi connectivity index (χ2v) is 11.3. The van der Waals surface area contributed by atoms with Crippen LogP contribution in [0.15, 0.2) is 0 Å². The van der Waals surface area contributed by atoms with E-state index in [0.29, 0.717) is 50.3 Å². The van der Waals surface area contributed by atoms with Gasteiger partial charge in [0.15, 0.2) is 0 Å². The van der Waals surface area contributed by atoms with Crippen LogP contribution < -0.4 is 10.6 Å². The summed E-state index contributed by atoms with van der Waals surface area (Å²) >= 11 is 0. The number of nitrogens with zero attached hydrogens (tertiary/aromatic N) is 1. The van der Waals surface area contributed by atoms with Crippen LogP contribution in [0.2, 0.25) is 0 Å². The van der Waals surface area contributed by atoms with E-state index >= 15 is 0 Å². The quantitative estimate of drug-likeness (QED) is 0.0559. The average Bonchev–Trinajstić information content (AvgIpc) is 3.05. The van der Waals surface area contributed by atoms with Crippen LogP contribution in [0.3, 0.4) is 0 Å². The number of unbranched alkanes of at least 4 members (excludes halogenated alkanes) is 11. The molecule has 0 bridgehead atoms. The molecule has 0 unspecified atom stereocenters. The maximum atomic E-state index is 12.3. The number of hydrogen-bond acceptors (Lipinski definition) is 10. The molecule has 0 radical (unpaired) electrons. The van der Waals surface area contributed by atoms with Crippen LogP contribution in [-0.2, 0) is 42.9 Å². The van der Waals surface area contributed by atoms with Gasteiger partial charge in [0.2, 0.25) is 17.7 Å². The second kappa shape index (κ2) is 33.7. The minimum Gasteiger partial charge on any atom is -0.481 e. The molecule has 48 heavy (non-hydrogen) atoms. The van der Waals surface area contributed by atoms with E-state index in [4.69, 9.17) is 24.1 Å². The summed E-state index contributed by atoms with van der Waals surface area (Å²) in [5, 5.41) is 23.4. The van der Waals surface area contributed by atoms with Gasteiger partial charge in [-0.25, -0.2) is 9.69 Å². The smallest absolute Gasteiger partial charge is 0.414 e. The zero-order chi connectivity index (χ0) is 35.5. The summed E-state index contributed by atoms with van der Waals surface area (Å²) in [7, 11) is 0. The van der Waals surface area contributed by atoms with Gasteiger partial charge in [0.05, 0.1) is 46.2 Å². The maximum absolute atomic E-state index is 12.3. The van der Waals surface area contributed by atoms with Gasteiger partial charge in [-0.05, 0) is 19.3 Å². The lowest BCUT2D eigenvalue weighted by molar-refractivity contribution is -0.137. The van der Waals surface area contributed by atoms with E-state index in [1.165, 1.54) is 32.1 Å². The Labute approximate surface area is 284 Å². The van der Waals surface area contributed by atoms with Gasteiger partial charge in [-0.3, -0.25) is 19.2 Å². The fourth-order valence-electron chi connectivity index (χ4n) is 4.55. The van der Waals surface area contributed by atoms with Gasteiger partial charge in [-0.1, -0.05) is 64.2 Å². The summed E-state index contributed by atoms with van der Waals surface area (Å²) in [6, 6.07) is 0. The Kier molecular flexibility index (Phi) is 31.5. The lowest BCUT2D eigenvalue weighted by Gasteiger charge is -2.17. The number of nitrogens with one attached hydrogen (secondary N) is 2. The number of carboxylic acid groups (broad SMARTS) is 2. The lowest BCUT2D eigenvalue weighted by atomic mass is 10.0. The number of amides is 4. The van der Waals surface area contributed by atoms with Gasteiger partial charge >= 0.3 is 12.1 Å². The van der Waals surface area contributed by atoms with Crippen LogP contribution in [0.4, 0.5) is 4.79 Å². The standard InChI is InChI=1S/C33H59N3O12/c37-20-23-47-25-24-45-21-18-35-30(39)28-48-27-26-46-22-19-36(33(43)44)31(40)15-13-17-34-29(38)14-11-9-7-5-3-1-2-4-6-8-10-12-16-32(41)42/h20H,1-19,21-28H2,(H,34,38)(H,35,39)(H,41,42)(H,43,44). The van der Waals surface area contributed by atoms with Gasteiger partial charge in [0.25, 0.3) is 0 Å². The molecule has 0 aliphatic rings. The van der Waals surface area contributed by atoms with Crippen molar-refractivity contribution in [2.24, 2.45) is 0 Å². The molecule has 0 aromatic heterocycles. The first-order chi connectivity index (χ1) is 23.3. The zero-order valence-corrected chi connectivity index (χ0v) is 28.6. The molecule has 4 amide bonds. The molecule has 15 heteroatoms. The van der Waals surface area contributed by atoms with E-state index in [1.807, 2.05) is 0 Å².